The number of carbonyl (C=O) groups is 2. The predicted octanol–water partition coefficient (Wildman–Crippen LogP) is 3.35. The molecule has 0 bridgehead atoms. The topological polar surface area (TPSA) is 76.1 Å². The Morgan fingerprint density at radius 1 is 1.11 bits per heavy atom. The maximum Gasteiger partial charge on any atom is 0.258 e. The third-order valence-corrected chi connectivity index (χ3v) is 7.46. The standard InChI is InChI=1S/C27H35ClN4O3/c1-18-6-5-7-19(14-18)27(2,35)26(34)31-12-10-22(11-13-31)32-16-21(17-32)29-20-8-9-23(24(28)15-20)25(33)30(3)4/h5-9,14-15,21-22,29,35H,10-13,16-17H2,1-4H3/t27-/m0/s1. The van der Waals surface area contributed by atoms with E-state index in [1.54, 1.807) is 32.0 Å². The molecule has 2 heterocycles. The summed E-state index contributed by atoms with van der Waals surface area (Å²) in [7, 11) is 3.42. The molecular weight excluding hydrogens is 464 g/mol. The number of amides is 2. The Hall–Kier alpha value is -2.61. The van der Waals surface area contributed by atoms with Crippen LogP contribution < -0.4 is 5.32 Å². The Kier molecular flexibility index (Phi) is 7.40. The lowest BCUT2D eigenvalue weighted by atomic mass is 9.91. The highest BCUT2D eigenvalue weighted by Crippen LogP contribution is 2.29. The second kappa shape index (κ2) is 10.2. The van der Waals surface area contributed by atoms with E-state index in [1.165, 1.54) is 4.90 Å². The summed E-state index contributed by atoms with van der Waals surface area (Å²) in [6.07, 6.45) is 1.80. The Morgan fingerprint density at radius 2 is 1.80 bits per heavy atom. The molecule has 0 aromatic heterocycles. The van der Waals surface area contributed by atoms with E-state index in [-0.39, 0.29) is 11.8 Å². The number of nitrogens with one attached hydrogen (secondary N) is 1. The Bertz CT molecular complexity index is 1090. The molecule has 0 spiro atoms. The number of hydrogen-bond donors (Lipinski definition) is 2. The molecule has 7 nitrogen and oxygen atoms in total. The molecule has 0 radical (unpaired) electrons. The average molecular weight is 499 g/mol. The number of carbonyl (C=O) groups excluding carboxylic acids is 2. The third-order valence-electron chi connectivity index (χ3n) is 7.15. The van der Waals surface area contributed by atoms with Crippen LogP contribution >= 0.6 is 11.6 Å². The van der Waals surface area contributed by atoms with Gasteiger partial charge in [-0.25, -0.2) is 0 Å². The van der Waals surface area contributed by atoms with Gasteiger partial charge >= 0.3 is 0 Å². The van der Waals surface area contributed by atoms with Crippen molar-refractivity contribution >= 4 is 29.1 Å². The van der Waals surface area contributed by atoms with E-state index in [0.29, 0.717) is 41.3 Å². The highest BCUT2D eigenvalue weighted by atomic mass is 35.5. The molecule has 188 valence electrons. The zero-order chi connectivity index (χ0) is 25.3. The fraction of sp³-hybridized carbons (Fsp3) is 0.481. The maximum absolute atomic E-state index is 13.1. The third kappa shape index (κ3) is 5.47. The fourth-order valence-corrected chi connectivity index (χ4v) is 5.23. The van der Waals surface area contributed by atoms with Crippen LogP contribution in [0.3, 0.4) is 0 Å². The molecule has 0 saturated carbocycles. The number of piperidine rings is 1. The fourth-order valence-electron chi connectivity index (χ4n) is 4.97. The molecule has 0 aliphatic carbocycles. The summed E-state index contributed by atoms with van der Waals surface area (Å²) in [6.45, 7) is 6.71. The Balaban J connectivity index is 1.26. The van der Waals surface area contributed by atoms with Gasteiger partial charge in [0.05, 0.1) is 16.6 Å². The highest BCUT2D eigenvalue weighted by molar-refractivity contribution is 6.34. The molecule has 2 aliphatic rings. The van der Waals surface area contributed by atoms with Crippen molar-refractivity contribution in [2.45, 2.75) is 44.4 Å². The quantitative estimate of drug-likeness (QED) is 0.639. The molecule has 2 aromatic carbocycles. The first-order chi connectivity index (χ1) is 16.6. The molecule has 2 N–H and O–H groups in total. The predicted molar refractivity (Wildman–Crippen MR) is 139 cm³/mol. The normalized spacial score (nSPS) is 19.1. The minimum atomic E-state index is -1.52. The summed E-state index contributed by atoms with van der Waals surface area (Å²) >= 11 is 6.33. The summed E-state index contributed by atoms with van der Waals surface area (Å²) in [5.41, 5.74) is 1.56. The lowest BCUT2D eigenvalue weighted by Crippen LogP contribution is -2.61. The Labute approximate surface area is 212 Å². The first-order valence-electron chi connectivity index (χ1n) is 12.2. The summed E-state index contributed by atoms with van der Waals surface area (Å²) in [5.74, 6) is -0.334. The van der Waals surface area contributed by atoms with E-state index in [0.717, 1.165) is 37.2 Å². The second-order valence-corrected chi connectivity index (χ2v) is 10.6. The minimum absolute atomic E-state index is 0.110. The van der Waals surface area contributed by atoms with Gasteiger partial charge in [0.25, 0.3) is 11.8 Å². The highest BCUT2D eigenvalue weighted by Gasteiger charge is 2.40. The van der Waals surface area contributed by atoms with Crippen molar-refractivity contribution in [1.82, 2.24) is 14.7 Å². The summed E-state index contributed by atoms with van der Waals surface area (Å²) in [6, 6.07) is 13.7. The van der Waals surface area contributed by atoms with Crippen molar-refractivity contribution in [3.63, 3.8) is 0 Å². The van der Waals surface area contributed by atoms with Gasteiger partial charge in [0, 0.05) is 52.0 Å². The second-order valence-electron chi connectivity index (χ2n) is 10.2. The van der Waals surface area contributed by atoms with E-state index in [1.807, 2.05) is 43.3 Å². The van der Waals surface area contributed by atoms with E-state index >= 15 is 0 Å². The van der Waals surface area contributed by atoms with Crippen LogP contribution in [0.4, 0.5) is 5.69 Å². The Morgan fingerprint density at radius 3 is 2.40 bits per heavy atom. The first-order valence-corrected chi connectivity index (χ1v) is 12.5. The zero-order valence-electron chi connectivity index (χ0n) is 20.9. The molecule has 35 heavy (non-hydrogen) atoms. The van der Waals surface area contributed by atoms with Gasteiger partial charge < -0.3 is 20.2 Å². The van der Waals surface area contributed by atoms with Crippen molar-refractivity contribution in [3.8, 4) is 0 Å². The van der Waals surface area contributed by atoms with Gasteiger partial charge in [-0.2, -0.15) is 0 Å². The molecule has 0 unspecified atom stereocenters. The van der Waals surface area contributed by atoms with Crippen LogP contribution in [-0.2, 0) is 10.4 Å². The number of anilines is 1. The monoisotopic (exact) mass is 498 g/mol. The van der Waals surface area contributed by atoms with Gasteiger partial charge in [-0.3, -0.25) is 14.5 Å². The lowest BCUT2D eigenvalue weighted by Gasteiger charge is -2.48. The lowest BCUT2D eigenvalue weighted by molar-refractivity contribution is -0.152. The molecule has 2 fully saturated rings. The van der Waals surface area contributed by atoms with E-state index in [2.05, 4.69) is 10.2 Å². The smallest absolute Gasteiger partial charge is 0.258 e. The maximum atomic E-state index is 13.1. The summed E-state index contributed by atoms with van der Waals surface area (Å²) < 4.78 is 0. The molecular formula is C27H35ClN4O3. The van der Waals surface area contributed by atoms with Gasteiger partial charge in [-0.05, 0) is 50.5 Å². The van der Waals surface area contributed by atoms with Gasteiger partial charge in [0.1, 0.15) is 0 Å². The summed E-state index contributed by atoms with van der Waals surface area (Å²) in [5, 5.41) is 14.9. The molecule has 1 atom stereocenters. The first kappa shape index (κ1) is 25.5. The van der Waals surface area contributed by atoms with Crippen molar-refractivity contribution in [1.29, 1.82) is 0 Å². The molecule has 8 heteroatoms. The number of halogens is 1. The van der Waals surface area contributed by atoms with Crippen molar-refractivity contribution in [3.05, 3.63) is 64.2 Å². The van der Waals surface area contributed by atoms with Crippen LogP contribution in [0.2, 0.25) is 5.02 Å². The van der Waals surface area contributed by atoms with Crippen LogP contribution in [-0.4, -0.2) is 84.0 Å². The van der Waals surface area contributed by atoms with Crippen molar-refractivity contribution in [2.75, 3.05) is 45.6 Å². The SMILES string of the molecule is Cc1cccc([C@](C)(O)C(=O)N2CCC(N3CC(Nc4ccc(C(=O)N(C)C)c(Cl)c4)C3)CC2)c1. The van der Waals surface area contributed by atoms with Crippen LogP contribution in [0, 0.1) is 6.92 Å². The van der Waals surface area contributed by atoms with Crippen molar-refractivity contribution < 1.29 is 14.7 Å². The van der Waals surface area contributed by atoms with E-state index in [9.17, 15) is 14.7 Å². The van der Waals surface area contributed by atoms with Crippen LogP contribution in [0.5, 0.6) is 0 Å². The van der Waals surface area contributed by atoms with E-state index in [4.69, 9.17) is 11.6 Å². The molecule has 2 aromatic rings. The number of nitrogens with zero attached hydrogens (tertiary/aromatic N) is 3. The number of benzene rings is 2. The van der Waals surface area contributed by atoms with Gasteiger partial charge in [-0.15, -0.1) is 0 Å². The van der Waals surface area contributed by atoms with E-state index < -0.39 is 5.60 Å². The summed E-state index contributed by atoms with van der Waals surface area (Å²) in [4.78, 5) is 31.0. The van der Waals surface area contributed by atoms with Gasteiger partial charge in [0.2, 0.25) is 0 Å². The molecule has 2 aliphatic heterocycles. The van der Waals surface area contributed by atoms with Crippen molar-refractivity contribution in [2.24, 2.45) is 0 Å². The number of hydrogen-bond acceptors (Lipinski definition) is 5. The number of rotatable bonds is 6. The zero-order valence-corrected chi connectivity index (χ0v) is 21.7. The van der Waals surface area contributed by atoms with Gasteiger partial charge in [-0.1, -0.05) is 41.4 Å². The number of aryl methyl sites for hydroxylation is 1. The average Bonchev–Trinajstić information content (AvgIpc) is 2.80. The largest absolute Gasteiger partial charge is 0.380 e. The molecule has 4 rings (SSSR count). The van der Waals surface area contributed by atoms with Crippen LogP contribution in [0.1, 0.15) is 41.3 Å². The van der Waals surface area contributed by atoms with Gasteiger partial charge in [0.15, 0.2) is 5.60 Å². The van der Waals surface area contributed by atoms with Crippen LogP contribution in [0.15, 0.2) is 42.5 Å². The van der Waals surface area contributed by atoms with Crippen LogP contribution in [0.25, 0.3) is 0 Å². The minimum Gasteiger partial charge on any atom is -0.380 e. The number of aliphatic hydroxyl groups is 1. The molecule has 2 amide bonds. The molecule has 2 saturated heterocycles. The number of likely N-dealkylation sites (tertiary alicyclic amines) is 2.